The molecular formula is C30H52O3. The molecule has 0 N–H and O–H groups in total. The zero-order valence-corrected chi connectivity index (χ0v) is 22.0. The standard InChI is InChI=1S/C30H52O3/c1-4-6-8-10-12-13-15-18-24-28(23-17-14-11-9-7-5-2)26-33-30(31)29(32-3)25-27-21-19-16-20-22-27/h16,19-22,28-29H,4-15,17-18,23-26H2,1-3H3. The topological polar surface area (TPSA) is 35.5 Å². The van der Waals surface area contributed by atoms with Crippen molar-refractivity contribution >= 4 is 5.97 Å². The summed E-state index contributed by atoms with van der Waals surface area (Å²) in [7, 11) is 1.60. The quantitative estimate of drug-likeness (QED) is 0.128. The van der Waals surface area contributed by atoms with E-state index < -0.39 is 6.10 Å². The van der Waals surface area contributed by atoms with Gasteiger partial charge in [-0.25, -0.2) is 4.79 Å². The van der Waals surface area contributed by atoms with Crippen LogP contribution in [0.25, 0.3) is 0 Å². The van der Waals surface area contributed by atoms with Crippen molar-refractivity contribution in [2.24, 2.45) is 5.92 Å². The van der Waals surface area contributed by atoms with Gasteiger partial charge in [-0.05, 0) is 24.3 Å². The highest BCUT2D eigenvalue weighted by Crippen LogP contribution is 2.20. The first-order valence-electron chi connectivity index (χ1n) is 13.9. The van der Waals surface area contributed by atoms with E-state index in [1.54, 1.807) is 7.11 Å². The lowest BCUT2D eigenvalue weighted by Crippen LogP contribution is -2.29. The average Bonchev–Trinajstić information content (AvgIpc) is 2.84. The van der Waals surface area contributed by atoms with Gasteiger partial charge in [-0.2, -0.15) is 0 Å². The molecule has 0 bridgehead atoms. The highest BCUT2D eigenvalue weighted by Gasteiger charge is 2.21. The van der Waals surface area contributed by atoms with Crippen LogP contribution in [0.1, 0.15) is 122 Å². The fraction of sp³-hybridized carbons (Fsp3) is 0.767. The van der Waals surface area contributed by atoms with E-state index in [1.165, 1.54) is 103 Å². The van der Waals surface area contributed by atoms with Crippen molar-refractivity contribution in [2.75, 3.05) is 13.7 Å². The number of hydrogen-bond donors (Lipinski definition) is 0. The molecule has 0 amide bonds. The lowest BCUT2D eigenvalue weighted by molar-refractivity contribution is -0.156. The van der Waals surface area contributed by atoms with Crippen LogP contribution in [0.2, 0.25) is 0 Å². The summed E-state index contributed by atoms with van der Waals surface area (Å²) in [5, 5.41) is 0. The Kier molecular flexibility index (Phi) is 19.1. The van der Waals surface area contributed by atoms with Gasteiger partial charge in [0.2, 0.25) is 0 Å². The van der Waals surface area contributed by atoms with Gasteiger partial charge in [-0.3, -0.25) is 0 Å². The van der Waals surface area contributed by atoms with Crippen LogP contribution in [0.3, 0.4) is 0 Å². The Morgan fingerprint density at radius 2 is 1.21 bits per heavy atom. The van der Waals surface area contributed by atoms with E-state index in [1.807, 2.05) is 30.3 Å². The molecule has 0 fully saturated rings. The van der Waals surface area contributed by atoms with Crippen molar-refractivity contribution in [1.82, 2.24) is 0 Å². The Hall–Kier alpha value is -1.35. The Morgan fingerprint density at radius 3 is 1.70 bits per heavy atom. The van der Waals surface area contributed by atoms with Crippen LogP contribution in [0.5, 0.6) is 0 Å². The summed E-state index contributed by atoms with van der Waals surface area (Å²) in [6, 6.07) is 10.0. The Labute approximate surface area is 205 Å². The first-order chi connectivity index (χ1) is 16.2. The second-order valence-electron chi connectivity index (χ2n) is 9.73. The zero-order chi connectivity index (χ0) is 24.0. The number of benzene rings is 1. The molecule has 0 saturated heterocycles. The maximum absolute atomic E-state index is 12.7. The molecule has 1 aromatic carbocycles. The number of carbonyl (C=O) groups is 1. The second-order valence-corrected chi connectivity index (χ2v) is 9.73. The third-order valence-electron chi connectivity index (χ3n) is 6.70. The molecule has 0 radical (unpaired) electrons. The van der Waals surface area contributed by atoms with Crippen LogP contribution in [0.4, 0.5) is 0 Å². The van der Waals surface area contributed by atoms with Crippen molar-refractivity contribution < 1.29 is 14.3 Å². The molecule has 2 unspecified atom stereocenters. The largest absolute Gasteiger partial charge is 0.463 e. The molecule has 0 aromatic heterocycles. The van der Waals surface area contributed by atoms with E-state index in [0.717, 1.165) is 5.56 Å². The molecule has 0 spiro atoms. The summed E-state index contributed by atoms with van der Waals surface area (Å²) in [5.74, 6) is 0.264. The molecule has 3 heteroatoms. The van der Waals surface area contributed by atoms with Gasteiger partial charge < -0.3 is 9.47 Å². The van der Waals surface area contributed by atoms with Gasteiger partial charge in [0.05, 0.1) is 6.61 Å². The van der Waals surface area contributed by atoms with Crippen molar-refractivity contribution in [3.05, 3.63) is 35.9 Å². The van der Waals surface area contributed by atoms with E-state index in [0.29, 0.717) is 18.9 Å². The van der Waals surface area contributed by atoms with Crippen LogP contribution in [-0.2, 0) is 20.7 Å². The van der Waals surface area contributed by atoms with Gasteiger partial charge in [-0.1, -0.05) is 134 Å². The van der Waals surface area contributed by atoms with Gasteiger partial charge in [0.25, 0.3) is 0 Å². The second kappa shape index (κ2) is 21.2. The SMILES string of the molecule is CCCCCCCCCCC(CCCCCCCC)COC(=O)C(Cc1ccccc1)OC. The Bertz CT molecular complexity index is 557. The van der Waals surface area contributed by atoms with E-state index >= 15 is 0 Å². The average molecular weight is 461 g/mol. The maximum Gasteiger partial charge on any atom is 0.335 e. The maximum atomic E-state index is 12.7. The summed E-state index contributed by atoms with van der Waals surface area (Å²) >= 11 is 0. The zero-order valence-electron chi connectivity index (χ0n) is 22.0. The van der Waals surface area contributed by atoms with E-state index in [9.17, 15) is 4.79 Å². The minimum Gasteiger partial charge on any atom is -0.463 e. The van der Waals surface area contributed by atoms with Crippen LogP contribution >= 0.6 is 0 Å². The van der Waals surface area contributed by atoms with Crippen LogP contribution < -0.4 is 0 Å². The normalized spacial score (nSPS) is 13.1. The summed E-state index contributed by atoms with van der Waals surface area (Å²) in [6.07, 6.45) is 21.0. The predicted octanol–water partition coefficient (Wildman–Crippen LogP) is 8.68. The summed E-state index contributed by atoms with van der Waals surface area (Å²) < 4.78 is 11.2. The molecule has 33 heavy (non-hydrogen) atoms. The fourth-order valence-electron chi connectivity index (χ4n) is 4.48. The molecule has 0 aliphatic carbocycles. The summed E-state index contributed by atoms with van der Waals surface area (Å²) in [6.45, 7) is 5.07. The van der Waals surface area contributed by atoms with Gasteiger partial charge in [0, 0.05) is 13.5 Å². The number of methoxy groups -OCH3 is 1. The highest BCUT2D eigenvalue weighted by molar-refractivity contribution is 5.75. The third kappa shape index (κ3) is 16.0. The lowest BCUT2D eigenvalue weighted by Gasteiger charge is -2.20. The molecule has 3 nitrogen and oxygen atoms in total. The molecule has 1 rings (SSSR count). The van der Waals surface area contributed by atoms with Crippen molar-refractivity contribution in [1.29, 1.82) is 0 Å². The number of esters is 1. The Balaban J connectivity index is 2.39. The van der Waals surface area contributed by atoms with Crippen LogP contribution in [-0.4, -0.2) is 25.8 Å². The number of hydrogen-bond acceptors (Lipinski definition) is 3. The van der Waals surface area contributed by atoms with Gasteiger partial charge in [-0.15, -0.1) is 0 Å². The molecule has 2 atom stereocenters. The van der Waals surface area contributed by atoms with E-state index in [2.05, 4.69) is 13.8 Å². The smallest absolute Gasteiger partial charge is 0.335 e. The van der Waals surface area contributed by atoms with Crippen molar-refractivity contribution in [3.63, 3.8) is 0 Å². The van der Waals surface area contributed by atoms with Gasteiger partial charge in [0.1, 0.15) is 0 Å². The number of ether oxygens (including phenoxy) is 2. The fourth-order valence-corrected chi connectivity index (χ4v) is 4.48. The Morgan fingerprint density at radius 1 is 0.727 bits per heavy atom. The van der Waals surface area contributed by atoms with Crippen molar-refractivity contribution in [2.45, 2.75) is 129 Å². The summed E-state index contributed by atoms with van der Waals surface area (Å²) in [5.41, 5.74) is 1.10. The van der Waals surface area contributed by atoms with E-state index in [4.69, 9.17) is 9.47 Å². The number of rotatable bonds is 22. The molecule has 0 heterocycles. The highest BCUT2D eigenvalue weighted by atomic mass is 16.6. The predicted molar refractivity (Wildman–Crippen MR) is 141 cm³/mol. The van der Waals surface area contributed by atoms with Gasteiger partial charge in [0.15, 0.2) is 6.10 Å². The van der Waals surface area contributed by atoms with Crippen LogP contribution in [0.15, 0.2) is 30.3 Å². The lowest BCUT2D eigenvalue weighted by atomic mass is 9.94. The monoisotopic (exact) mass is 460 g/mol. The van der Waals surface area contributed by atoms with E-state index in [-0.39, 0.29) is 5.97 Å². The molecule has 0 aliphatic rings. The molecular weight excluding hydrogens is 408 g/mol. The van der Waals surface area contributed by atoms with Crippen molar-refractivity contribution in [3.8, 4) is 0 Å². The third-order valence-corrected chi connectivity index (χ3v) is 6.70. The molecule has 1 aromatic rings. The van der Waals surface area contributed by atoms with Crippen LogP contribution in [0, 0.1) is 5.92 Å². The number of unbranched alkanes of at least 4 members (excludes halogenated alkanes) is 12. The minimum absolute atomic E-state index is 0.217. The molecule has 190 valence electrons. The minimum atomic E-state index is -0.523. The van der Waals surface area contributed by atoms with Gasteiger partial charge >= 0.3 is 5.97 Å². The molecule has 0 aliphatic heterocycles. The number of carbonyl (C=O) groups excluding carboxylic acids is 1. The summed E-state index contributed by atoms with van der Waals surface area (Å²) in [4.78, 5) is 12.7. The first-order valence-corrected chi connectivity index (χ1v) is 13.9. The molecule has 0 saturated carbocycles. The first kappa shape index (κ1) is 29.7.